The third-order valence-corrected chi connectivity index (χ3v) is 3.74. The minimum atomic E-state index is -0.337. The van der Waals surface area contributed by atoms with E-state index in [1.54, 1.807) is 0 Å². The maximum atomic E-state index is 5.69. The summed E-state index contributed by atoms with van der Waals surface area (Å²) in [5.74, 6) is 0. The Hall–Kier alpha value is 0.0969. The van der Waals surface area contributed by atoms with E-state index in [0.29, 0.717) is 12.2 Å². The molecular weight excluding hydrogens is 184 g/mol. The molecule has 1 heterocycles. The summed E-state index contributed by atoms with van der Waals surface area (Å²) >= 11 is 0. The van der Waals surface area contributed by atoms with Gasteiger partial charge in [0.25, 0.3) is 0 Å². The third kappa shape index (κ3) is 5.41. The van der Waals surface area contributed by atoms with Crippen molar-refractivity contribution in [3.05, 3.63) is 0 Å². The summed E-state index contributed by atoms with van der Waals surface area (Å²) < 4.78 is 16.2. The molecule has 3 nitrogen and oxygen atoms in total. The highest BCUT2D eigenvalue weighted by Crippen LogP contribution is 2.12. The fraction of sp³-hybridized carbons (Fsp3) is 1.00. The molecule has 1 unspecified atom stereocenters. The SMILES string of the molecule is CCO[SiH2]C[C@@H](CC)OCC1CO1. The largest absolute Gasteiger partial charge is 0.424 e. The standard InChI is InChI=1S/C9H20O3Si/c1-3-8(7-13-12-4-2)10-5-9-6-11-9/h8-9H,3-7,13H2,1-2H3/t8-,9?/m1/s1. The van der Waals surface area contributed by atoms with Gasteiger partial charge in [-0.3, -0.25) is 0 Å². The van der Waals surface area contributed by atoms with Gasteiger partial charge in [-0.1, -0.05) is 6.92 Å². The Kier molecular flexibility index (Phi) is 5.62. The first-order chi connectivity index (χ1) is 6.36. The summed E-state index contributed by atoms with van der Waals surface area (Å²) in [4.78, 5) is 0. The molecular formula is C9H20O3Si. The lowest BCUT2D eigenvalue weighted by Gasteiger charge is -2.14. The Morgan fingerprint density at radius 3 is 2.85 bits per heavy atom. The maximum absolute atomic E-state index is 5.69. The minimum Gasteiger partial charge on any atom is -0.424 e. The van der Waals surface area contributed by atoms with E-state index >= 15 is 0 Å². The molecule has 0 bridgehead atoms. The van der Waals surface area contributed by atoms with E-state index in [1.165, 1.54) is 0 Å². The second kappa shape index (κ2) is 6.54. The normalized spacial score (nSPS) is 24.0. The predicted octanol–water partition coefficient (Wildman–Crippen LogP) is 0.719. The first-order valence-electron chi connectivity index (χ1n) is 5.17. The fourth-order valence-electron chi connectivity index (χ4n) is 1.17. The van der Waals surface area contributed by atoms with E-state index in [-0.39, 0.29) is 9.76 Å². The van der Waals surface area contributed by atoms with Gasteiger partial charge in [-0.25, -0.2) is 0 Å². The third-order valence-electron chi connectivity index (χ3n) is 2.16. The van der Waals surface area contributed by atoms with Crippen molar-refractivity contribution in [2.45, 2.75) is 38.5 Å². The van der Waals surface area contributed by atoms with E-state index in [0.717, 1.165) is 32.3 Å². The second-order valence-corrected chi connectivity index (χ2v) is 4.70. The van der Waals surface area contributed by atoms with Crippen LogP contribution in [0.25, 0.3) is 0 Å². The zero-order chi connectivity index (χ0) is 9.52. The molecule has 0 amide bonds. The molecule has 0 aromatic carbocycles. The highest BCUT2D eigenvalue weighted by molar-refractivity contribution is 6.27. The minimum absolute atomic E-state index is 0.337. The summed E-state index contributed by atoms with van der Waals surface area (Å²) in [6, 6.07) is 1.14. The first-order valence-corrected chi connectivity index (χ1v) is 6.75. The van der Waals surface area contributed by atoms with Gasteiger partial charge in [-0.2, -0.15) is 0 Å². The van der Waals surface area contributed by atoms with Crippen LogP contribution in [-0.2, 0) is 13.9 Å². The predicted molar refractivity (Wildman–Crippen MR) is 54.7 cm³/mol. The van der Waals surface area contributed by atoms with Crippen LogP contribution in [0.15, 0.2) is 0 Å². The van der Waals surface area contributed by atoms with Crippen molar-refractivity contribution in [3.63, 3.8) is 0 Å². The average molecular weight is 204 g/mol. The van der Waals surface area contributed by atoms with Crippen molar-refractivity contribution < 1.29 is 13.9 Å². The first kappa shape index (κ1) is 11.2. The van der Waals surface area contributed by atoms with Gasteiger partial charge in [-0.15, -0.1) is 0 Å². The molecule has 0 radical (unpaired) electrons. The fourth-order valence-corrected chi connectivity index (χ4v) is 2.47. The smallest absolute Gasteiger partial charge is 0.164 e. The molecule has 4 heteroatoms. The molecule has 1 saturated heterocycles. The zero-order valence-electron chi connectivity index (χ0n) is 8.62. The van der Waals surface area contributed by atoms with Crippen molar-refractivity contribution in [1.82, 2.24) is 0 Å². The number of ether oxygens (including phenoxy) is 2. The van der Waals surface area contributed by atoms with E-state index in [2.05, 4.69) is 6.92 Å². The van der Waals surface area contributed by atoms with Crippen molar-refractivity contribution in [2.75, 3.05) is 19.8 Å². The van der Waals surface area contributed by atoms with Gasteiger partial charge in [0, 0.05) is 6.61 Å². The molecule has 0 N–H and O–H groups in total. The van der Waals surface area contributed by atoms with Crippen molar-refractivity contribution in [2.24, 2.45) is 0 Å². The quantitative estimate of drug-likeness (QED) is 0.332. The molecule has 0 spiro atoms. The number of rotatable bonds is 8. The number of hydrogen-bond donors (Lipinski definition) is 0. The highest BCUT2D eigenvalue weighted by Gasteiger charge is 2.23. The van der Waals surface area contributed by atoms with Crippen LogP contribution in [0.3, 0.4) is 0 Å². The summed E-state index contributed by atoms with van der Waals surface area (Å²) in [5, 5.41) is 0. The van der Waals surface area contributed by atoms with Crippen LogP contribution >= 0.6 is 0 Å². The van der Waals surface area contributed by atoms with Crippen LogP contribution < -0.4 is 0 Å². The molecule has 0 aromatic rings. The number of epoxide rings is 1. The summed E-state index contributed by atoms with van der Waals surface area (Å²) in [6.07, 6.45) is 1.89. The lowest BCUT2D eigenvalue weighted by atomic mass is 10.3. The van der Waals surface area contributed by atoms with Crippen LogP contribution in [0.1, 0.15) is 20.3 Å². The molecule has 1 fully saturated rings. The van der Waals surface area contributed by atoms with E-state index in [9.17, 15) is 0 Å². The van der Waals surface area contributed by atoms with Crippen molar-refractivity contribution >= 4 is 9.76 Å². The van der Waals surface area contributed by atoms with Gasteiger partial charge in [0.1, 0.15) is 6.10 Å². The van der Waals surface area contributed by atoms with Gasteiger partial charge in [0.05, 0.1) is 19.3 Å². The Labute approximate surface area is 82.7 Å². The summed E-state index contributed by atoms with van der Waals surface area (Å²) in [6.45, 7) is 6.73. The zero-order valence-corrected chi connectivity index (χ0v) is 10.0. The van der Waals surface area contributed by atoms with Crippen molar-refractivity contribution in [3.8, 4) is 0 Å². The van der Waals surface area contributed by atoms with Crippen LogP contribution in [0.4, 0.5) is 0 Å². The number of hydrogen-bond acceptors (Lipinski definition) is 3. The Bertz CT molecular complexity index is 128. The van der Waals surface area contributed by atoms with Crippen LogP contribution in [0.2, 0.25) is 6.04 Å². The van der Waals surface area contributed by atoms with Crippen LogP contribution in [0.5, 0.6) is 0 Å². The maximum Gasteiger partial charge on any atom is 0.164 e. The molecule has 1 rings (SSSR count). The van der Waals surface area contributed by atoms with E-state index < -0.39 is 0 Å². The lowest BCUT2D eigenvalue weighted by molar-refractivity contribution is 0.0506. The van der Waals surface area contributed by atoms with E-state index in [4.69, 9.17) is 13.9 Å². The molecule has 1 aliphatic rings. The second-order valence-electron chi connectivity index (χ2n) is 3.30. The average Bonchev–Trinajstić information content (AvgIpc) is 2.94. The van der Waals surface area contributed by atoms with Crippen LogP contribution in [0, 0.1) is 0 Å². The summed E-state index contributed by atoms with van der Waals surface area (Å²) in [5.41, 5.74) is 0. The Morgan fingerprint density at radius 2 is 2.31 bits per heavy atom. The van der Waals surface area contributed by atoms with Gasteiger partial charge >= 0.3 is 0 Å². The molecule has 13 heavy (non-hydrogen) atoms. The van der Waals surface area contributed by atoms with Gasteiger partial charge in [0.15, 0.2) is 9.76 Å². The highest BCUT2D eigenvalue weighted by atomic mass is 28.2. The van der Waals surface area contributed by atoms with Crippen molar-refractivity contribution in [1.29, 1.82) is 0 Å². The molecule has 1 aliphatic heterocycles. The van der Waals surface area contributed by atoms with Gasteiger partial charge in [0.2, 0.25) is 0 Å². The summed E-state index contributed by atoms with van der Waals surface area (Å²) in [7, 11) is -0.337. The van der Waals surface area contributed by atoms with E-state index in [1.807, 2.05) is 6.92 Å². The monoisotopic (exact) mass is 204 g/mol. The molecule has 0 aliphatic carbocycles. The molecule has 0 saturated carbocycles. The lowest BCUT2D eigenvalue weighted by Crippen LogP contribution is -2.18. The molecule has 0 aromatic heterocycles. The Balaban J connectivity index is 1.95. The molecule has 2 atom stereocenters. The Morgan fingerprint density at radius 1 is 1.54 bits per heavy atom. The van der Waals surface area contributed by atoms with Gasteiger partial charge in [-0.05, 0) is 19.4 Å². The topological polar surface area (TPSA) is 31.0 Å². The van der Waals surface area contributed by atoms with Gasteiger partial charge < -0.3 is 13.9 Å². The van der Waals surface area contributed by atoms with Crippen LogP contribution in [-0.4, -0.2) is 41.8 Å². The molecule has 78 valence electrons.